The first kappa shape index (κ1) is 16.5. The van der Waals surface area contributed by atoms with Gasteiger partial charge in [-0.1, -0.05) is 6.42 Å². The molecule has 114 valence electrons. The lowest BCUT2D eigenvalue weighted by Crippen LogP contribution is -2.47. The summed E-state index contributed by atoms with van der Waals surface area (Å²) in [7, 11) is 1.30. The highest BCUT2D eigenvalue weighted by Crippen LogP contribution is 2.12. The average molecular weight is 284 g/mol. The molecule has 1 rings (SSSR count). The molecule has 1 aliphatic rings. The fourth-order valence-electron chi connectivity index (χ4n) is 2.22. The van der Waals surface area contributed by atoms with Gasteiger partial charge in [-0.05, 0) is 26.7 Å². The molecule has 0 aliphatic carbocycles. The molecule has 1 fully saturated rings. The molecule has 1 aliphatic heterocycles. The van der Waals surface area contributed by atoms with Crippen molar-refractivity contribution in [3.8, 4) is 0 Å². The van der Waals surface area contributed by atoms with Gasteiger partial charge in [0, 0.05) is 19.0 Å². The van der Waals surface area contributed by atoms with Crippen LogP contribution in [0.5, 0.6) is 0 Å². The summed E-state index contributed by atoms with van der Waals surface area (Å²) in [5, 5.41) is 0. The number of carbonyl (C=O) groups excluding carboxylic acids is 3. The highest BCUT2D eigenvalue weighted by Gasteiger charge is 2.25. The van der Waals surface area contributed by atoms with Crippen LogP contribution in [-0.4, -0.2) is 60.4 Å². The third-order valence-corrected chi connectivity index (χ3v) is 3.47. The molecule has 0 N–H and O–H groups in total. The van der Waals surface area contributed by atoms with E-state index < -0.39 is 5.97 Å². The smallest absolute Gasteiger partial charge is 0.325 e. The second-order valence-electron chi connectivity index (χ2n) is 5.32. The standard InChI is InChI=1S/C14H24N2O4/c1-11(2)16(10-14(19)20-3)13(18)9-15-8-6-4-5-7-12(15)17/h11H,4-10H2,1-3H3. The minimum atomic E-state index is -0.450. The van der Waals surface area contributed by atoms with Crippen LogP contribution in [0.25, 0.3) is 0 Å². The van der Waals surface area contributed by atoms with E-state index in [1.165, 1.54) is 12.0 Å². The second kappa shape index (κ2) is 7.87. The molecule has 0 saturated carbocycles. The largest absolute Gasteiger partial charge is 0.468 e. The molecule has 0 bridgehead atoms. The number of likely N-dealkylation sites (tertiary alicyclic amines) is 1. The summed E-state index contributed by atoms with van der Waals surface area (Å²) in [6, 6.07) is -0.108. The number of nitrogens with zero attached hydrogens (tertiary/aromatic N) is 2. The van der Waals surface area contributed by atoms with Crippen LogP contribution in [0.4, 0.5) is 0 Å². The summed E-state index contributed by atoms with van der Waals surface area (Å²) < 4.78 is 4.60. The summed E-state index contributed by atoms with van der Waals surface area (Å²) in [5.41, 5.74) is 0. The van der Waals surface area contributed by atoms with Crippen molar-refractivity contribution in [2.45, 2.75) is 45.6 Å². The van der Waals surface area contributed by atoms with Gasteiger partial charge in [-0.25, -0.2) is 0 Å². The molecule has 1 saturated heterocycles. The minimum Gasteiger partial charge on any atom is -0.468 e. The van der Waals surface area contributed by atoms with Gasteiger partial charge < -0.3 is 14.5 Å². The molecule has 6 heteroatoms. The van der Waals surface area contributed by atoms with Crippen molar-refractivity contribution in [1.29, 1.82) is 0 Å². The normalized spacial score (nSPS) is 16.0. The van der Waals surface area contributed by atoms with Gasteiger partial charge in [0.2, 0.25) is 11.8 Å². The fraction of sp³-hybridized carbons (Fsp3) is 0.786. The quantitative estimate of drug-likeness (QED) is 0.700. The Hall–Kier alpha value is -1.59. The van der Waals surface area contributed by atoms with Crippen molar-refractivity contribution in [3.05, 3.63) is 0 Å². The Bertz CT molecular complexity index is 368. The topological polar surface area (TPSA) is 66.9 Å². The number of hydrogen-bond donors (Lipinski definition) is 0. The van der Waals surface area contributed by atoms with E-state index >= 15 is 0 Å². The summed E-state index contributed by atoms with van der Waals surface area (Å²) in [5.74, 6) is -0.632. The van der Waals surface area contributed by atoms with Gasteiger partial charge in [0.15, 0.2) is 0 Å². The van der Waals surface area contributed by atoms with Gasteiger partial charge in [0.1, 0.15) is 6.54 Å². The molecule has 0 aromatic rings. The van der Waals surface area contributed by atoms with E-state index in [-0.39, 0.29) is 30.9 Å². The fourth-order valence-corrected chi connectivity index (χ4v) is 2.22. The molecule has 2 amide bonds. The maximum atomic E-state index is 12.3. The monoisotopic (exact) mass is 284 g/mol. The molecule has 0 aromatic heterocycles. The average Bonchev–Trinajstić information content (AvgIpc) is 2.60. The Labute approximate surface area is 120 Å². The Kier molecular flexibility index (Phi) is 6.48. The maximum absolute atomic E-state index is 12.3. The van der Waals surface area contributed by atoms with Gasteiger partial charge in [0.05, 0.1) is 13.7 Å². The van der Waals surface area contributed by atoms with Crippen molar-refractivity contribution >= 4 is 17.8 Å². The molecule has 6 nitrogen and oxygen atoms in total. The van der Waals surface area contributed by atoms with E-state index in [2.05, 4.69) is 4.74 Å². The summed E-state index contributed by atoms with van der Waals surface area (Å²) >= 11 is 0. The number of methoxy groups -OCH3 is 1. The van der Waals surface area contributed by atoms with Crippen molar-refractivity contribution in [3.63, 3.8) is 0 Å². The summed E-state index contributed by atoms with van der Waals surface area (Å²) in [6.45, 7) is 4.27. The Morgan fingerprint density at radius 2 is 2.00 bits per heavy atom. The lowest BCUT2D eigenvalue weighted by molar-refractivity contribution is -0.149. The Morgan fingerprint density at radius 3 is 2.60 bits per heavy atom. The van der Waals surface area contributed by atoms with Crippen LogP contribution in [0.1, 0.15) is 39.5 Å². The van der Waals surface area contributed by atoms with Gasteiger partial charge >= 0.3 is 5.97 Å². The van der Waals surface area contributed by atoms with Crippen LogP contribution < -0.4 is 0 Å². The first-order valence-electron chi connectivity index (χ1n) is 7.09. The van der Waals surface area contributed by atoms with Crippen molar-refractivity contribution < 1.29 is 19.1 Å². The third-order valence-electron chi connectivity index (χ3n) is 3.47. The third kappa shape index (κ3) is 4.83. The first-order valence-corrected chi connectivity index (χ1v) is 7.09. The van der Waals surface area contributed by atoms with E-state index in [4.69, 9.17) is 0 Å². The summed E-state index contributed by atoms with van der Waals surface area (Å²) in [4.78, 5) is 38.6. The van der Waals surface area contributed by atoms with E-state index in [1.807, 2.05) is 13.8 Å². The number of rotatable bonds is 5. The molecule has 0 unspecified atom stereocenters. The molecule has 20 heavy (non-hydrogen) atoms. The highest BCUT2D eigenvalue weighted by molar-refractivity contribution is 5.87. The number of hydrogen-bond acceptors (Lipinski definition) is 4. The molecular weight excluding hydrogens is 260 g/mol. The zero-order chi connectivity index (χ0) is 15.1. The predicted molar refractivity (Wildman–Crippen MR) is 73.9 cm³/mol. The van der Waals surface area contributed by atoms with E-state index in [0.29, 0.717) is 13.0 Å². The van der Waals surface area contributed by atoms with Crippen LogP contribution in [0, 0.1) is 0 Å². The Balaban J connectivity index is 2.64. The Morgan fingerprint density at radius 1 is 1.30 bits per heavy atom. The van der Waals surface area contributed by atoms with Crippen LogP contribution in [0.2, 0.25) is 0 Å². The number of carbonyl (C=O) groups is 3. The zero-order valence-electron chi connectivity index (χ0n) is 12.6. The van der Waals surface area contributed by atoms with E-state index in [1.54, 1.807) is 4.90 Å². The lowest BCUT2D eigenvalue weighted by atomic mass is 10.2. The van der Waals surface area contributed by atoms with Crippen molar-refractivity contribution in [1.82, 2.24) is 9.80 Å². The molecular formula is C14H24N2O4. The molecule has 0 atom stereocenters. The zero-order valence-corrected chi connectivity index (χ0v) is 12.6. The van der Waals surface area contributed by atoms with Gasteiger partial charge in [-0.3, -0.25) is 14.4 Å². The molecule has 1 heterocycles. The van der Waals surface area contributed by atoms with Gasteiger partial charge in [-0.2, -0.15) is 0 Å². The number of amides is 2. The minimum absolute atomic E-state index is 0.0256. The van der Waals surface area contributed by atoms with Crippen molar-refractivity contribution in [2.75, 3.05) is 26.7 Å². The molecule has 0 radical (unpaired) electrons. The predicted octanol–water partition coefficient (Wildman–Crippen LogP) is 0.799. The SMILES string of the molecule is COC(=O)CN(C(=O)CN1CCCCCC1=O)C(C)C. The first-order chi connectivity index (χ1) is 9.45. The lowest BCUT2D eigenvalue weighted by Gasteiger charge is -2.29. The van der Waals surface area contributed by atoms with Crippen LogP contribution in [0.15, 0.2) is 0 Å². The molecule has 0 aromatic carbocycles. The number of ether oxygens (including phenoxy) is 1. The second-order valence-corrected chi connectivity index (χ2v) is 5.32. The van der Waals surface area contributed by atoms with Crippen LogP contribution >= 0.6 is 0 Å². The van der Waals surface area contributed by atoms with Crippen LogP contribution in [-0.2, 0) is 19.1 Å². The van der Waals surface area contributed by atoms with Gasteiger partial charge in [-0.15, -0.1) is 0 Å². The van der Waals surface area contributed by atoms with E-state index in [0.717, 1.165) is 19.3 Å². The highest BCUT2D eigenvalue weighted by atomic mass is 16.5. The molecule has 0 spiro atoms. The van der Waals surface area contributed by atoms with Crippen molar-refractivity contribution in [2.24, 2.45) is 0 Å². The van der Waals surface area contributed by atoms with Crippen LogP contribution in [0.3, 0.4) is 0 Å². The van der Waals surface area contributed by atoms with E-state index in [9.17, 15) is 14.4 Å². The maximum Gasteiger partial charge on any atom is 0.325 e. The summed E-state index contributed by atoms with van der Waals surface area (Å²) in [6.07, 6.45) is 3.34. The van der Waals surface area contributed by atoms with Gasteiger partial charge in [0.25, 0.3) is 0 Å². The number of esters is 1.